The van der Waals surface area contributed by atoms with Gasteiger partial charge in [0.05, 0.1) is 0 Å². The molecule has 0 aliphatic carbocycles. The van der Waals surface area contributed by atoms with E-state index in [1.165, 1.54) is 12.1 Å². The first-order chi connectivity index (χ1) is 6.20. The molecule has 0 atom stereocenters. The second-order valence-electron chi connectivity index (χ2n) is 2.08. The zero-order valence-electron chi connectivity index (χ0n) is 8.61. The molecular weight excluding hydrogens is 294 g/mol. The van der Waals surface area contributed by atoms with Gasteiger partial charge in [0.15, 0.2) is 11.5 Å². The van der Waals surface area contributed by atoms with E-state index in [1.807, 2.05) is 0 Å². The van der Waals surface area contributed by atoms with Gasteiger partial charge in [-0.3, -0.25) is 8.42 Å². The standard InChI is InChI=1S/C6H6O3.2K.H2O4S/c7-4-1-2-5(8)6(9)3-4;;;1-5(2,3)4/h1-3,7-9H;;;(H2,1,2,3,4)/q;2*+1;/p-2. The quantitative estimate of drug-likeness (QED) is 0.142. The minimum atomic E-state index is -5.17. The number of phenols is 3. The van der Waals surface area contributed by atoms with E-state index in [0.29, 0.717) is 0 Å². The Morgan fingerprint density at radius 2 is 1.31 bits per heavy atom. The van der Waals surface area contributed by atoms with Crippen LogP contribution in [-0.4, -0.2) is 32.8 Å². The molecule has 0 spiro atoms. The zero-order chi connectivity index (χ0) is 11.4. The van der Waals surface area contributed by atoms with Crippen LogP contribution in [0.4, 0.5) is 0 Å². The van der Waals surface area contributed by atoms with Gasteiger partial charge in [0.1, 0.15) is 5.75 Å². The van der Waals surface area contributed by atoms with E-state index in [-0.39, 0.29) is 120 Å². The Labute approximate surface area is 177 Å². The molecule has 80 valence electrons. The van der Waals surface area contributed by atoms with Crippen molar-refractivity contribution in [3.05, 3.63) is 18.2 Å². The van der Waals surface area contributed by atoms with Gasteiger partial charge in [-0.15, -0.1) is 0 Å². The molecule has 7 nitrogen and oxygen atoms in total. The first-order valence-corrected chi connectivity index (χ1v) is 4.41. The number of benzene rings is 1. The second kappa shape index (κ2) is 10.7. The van der Waals surface area contributed by atoms with Crippen LogP contribution in [0, 0.1) is 0 Å². The van der Waals surface area contributed by atoms with Crippen LogP contribution in [0.5, 0.6) is 17.2 Å². The third-order valence-electron chi connectivity index (χ3n) is 0.959. The van der Waals surface area contributed by atoms with Gasteiger partial charge in [0.2, 0.25) is 0 Å². The number of aromatic hydroxyl groups is 3. The molecular formula is C6H6K2O7S. The first kappa shape index (κ1) is 22.9. The maximum absolute atomic E-state index is 8.69. The van der Waals surface area contributed by atoms with Crippen molar-refractivity contribution in [2.24, 2.45) is 0 Å². The fourth-order valence-corrected chi connectivity index (χ4v) is 0.512. The van der Waals surface area contributed by atoms with Crippen molar-refractivity contribution in [1.29, 1.82) is 0 Å². The maximum atomic E-state index is 8.69. The van der Waals surface area contributed by atoms with E-state index in [9.17, 15) is 0 Å². The summed E-state index contributed by atoms with van der Waals surface area (Å²) >= 11 is 0. The molecule has 0 bridgehead atoms. The minimum absolute atomic E-state index is 0. The van der Waals surface area contributed by atoms with Crippen LogP contribution in [0.25, 0.3) is 0 Å². The van der Waals surface area contributed by atoms with Crippen molar-refractivity contribution in [3.63, 3.8) is 0 Å². The average molecular weight is 300 g/mol. The SMILES string of the molecule is O=S(=O)([O-])[O-].Oc1ccc(O)c(O)c1.[K+].[K+]. The van der Waals surface area contributed by atoms with Crippen molar-refractivity contribution in [2.75, 3.05) is 0 Å². The van der Waals surface area contributed by atoms with Crippen LogP contribution in [0.2, 0.25) is 0 Å². The Morgan fingerprint density at radius 1 is 0.938 bits per heavy atom. The predicted octanol–water partition coefficient (Wildman–Crippen LogP) is -6.53. The monoisotopic (exact) mass is 300 g/mol. The van der Waals surface area contributed by atoms with E-state index >= 15 is 0 Å². The number of rotatable bonds is 0. The van der Waals surface area contributed by atoms with E-state index in [1.54, 1.807) is 0 Å². The predicted molar refractivity (Wildman–Crippen MR) is 41.9 cm³/mol. The van der Waals surface area contributed by atoms with Gasteiger partial charge in [-0.05, 0) is 12.1 Å². The Balaban J connectivity index is -0.000000214. The summed E-state index contributed by atoms with van der Waals surface area (Å²) < 4.78 is 34.1. The molecule has 16 heavy (non-hydrogen) atoms. The smallest absolute Gasteiger partial charge is 0.759 e. The number of phenolic OH excluding ortho intramolecular Hbond substituents is 3. The van der Waals surface area contributed by atoms with Crippen LogP contribution < -0.4 is 103 Å². The van der Waals surface area contributed by atoms with E-state index in [0.717, 1.165) is 6.07 Å². The summed E-state index contributed by atoms with van der Waals surface area (Å²) in [5, 5.41) is 26.0. The van der Waals surface area contributed by atoms with Crippen LogP contribution in [0.1, 0.15) is 0 Å². The molecule has 1 aromatic rings. The van der Waals surface area contributed by atoms with Crippen molar-refractivity contribution in [1.82, 2.24) is 0 Å². The van der Waals surface area contributed by atoms with Crippen LogP contribution in [-0.2, 0) is 10.4 Å². The second-order valence-corrected chi connectivity index (χ2v) is 2.90. The molecule has 0 heterocycles. The fraction of sp³-hybridized carbons (Fsp3) is 0. The molecule has 1 aromatic carbocycles. The van der Waals surface area contributed by atoms with Gasteiger partial charge in [0.25, 0.3) is 0 Å². The van der Waals surface area contributed by atoms with Gasteiger partial charge in [-0.25, -0.2) is 0 Å². The molecule has 10 heteroatoms. The van der Waals surface area contributed by atoms with E-state index in [2.05, 4.69) is 0 Å². The molecule has 0 fully saturated rings. The van der Waals surface area contributed by atoms with Crippen molar-refractivity contribution in [3.8, 4) is 17.2 Å². The van der Waals surface area contributed by atoms with E-state index < -0.39 is 10.4 Å². The molecule has 3 N–H and O–H groups in total. The molecule has 0 aromatic heterocycles. The summed E-state index contributed by atoms with van der Waals surface area (Å²) in [6.07, 6.45) is 0. The van der Waals surface area contributed by atoms with Gasteiger partial charge in [-0.1, -0.05) is 0 Å². The molecule has 0 aliphatic rings. The van der Waals surface area contributed by atoms with Gasteiger partial charge in [0, 0.05) is 16.5 Å². The Hall–Kier alpha value is 1.76. The largest absolute Gasteiger partial charge is 1.00 e. The van der Waals surface area contributed by atoms with Gasteiger partial charge < -0.3 is 24.4 Å². The van der Waals surface area contributed by atoms with Crippen LogP contribution in [0.3, 0.4) is 0 Å². The molecule has 1 rings (SSSR count). The summed E-state index contributed by atoms with van der Waals surface area (Å²) in [7, 11) is -5.17. The maximum Gasteiger partial charge on any atom is 1.00 e. The van der Waals surface area contributed by atoms with Crippen LogP contribution in [0.15, 0.2) is 18.2 Å². The Kier molecular flexibility index (Phi) is 15.3. The summed E-state index contributed by atoms with van der Waals surface area (Å²) in [4.78, 5) is 0. The average Bonchev–Trinajstić information content (AvgIpc) is 1.94. The minimum Gasteiger partial charge on any atom is -0.759 e. The third kappa shape index (κ3) is 15.8. The van der Waals surface area contributed by atoms with E-state index in [4.69, 9.17) is 32.8 Å². The first-order valence-electron chi connectivity index (χ1n) is 3.08. The summed E-state index contributed by atoms with van der Waals surface area (Å²) in [6, 6.07) is 3.56. The molecule has 0 amide bonds. The van der Waals surface area contributed by atoms with Crippen molar-refractivity contribution in [2.45, 2.75) is 0 Å². The summed E-state index contributed by atoms with van der Waals surface area (Å²) in [6.45, 7) is 0. The van der Waals surface area contributed by atoms with Gasteiger partial charge in [-0.2, -0.15) is 0 Å². The van der Waals surface area contributed by atoms with Crippen LogP contribution >= 0.6 is 0 Å². The van der Waals surface area contributed by atoms with Gasteiger partial charge >= 0.3 is 103 Å². The normalized spacial score (nSPS) is 8.88. The molecule has 0 unspecified atom stereocenters. The molecule has 0 radical (unpaired) electrons. The van der Waals surface area contributed by atoms with Crippen molar-refractivity contribution >= 4 is 10.4 Å². The number of hydrogen-bond acceptors (Lipinski definition) is 7. The molecule has 0 saturated heterocycles. The fourth-order valence-electron chi connectivity index (χ4n) is 0.512. The summed E-state index contributed by atoms with van der Waals surface area (Å²) in [5.41, 5.74) is 0. The summed E-state index contributed by atoms with van der Waals surface area (Å²) in [5.74, 6) is -0.604. The Morgan fingerprint density at radius 3 is 1.56 bits per heavy atom. The number of hydrogen-bond donors (Lipinski definition) is 3. The topological polar surface area (TPSA) is 141 Å². The molecule has 0 saturated carbocycles. The van der Waals surface area contributed by atoms with Crippen molar-refractivity contribution < 1.29 is 136 Å². The molecule has 0 aliphatic heterocycles. The Bertz CT molecular complexity index is 397. The zero-order valence-corrected chi connectivity index (χ0v) is 15.7. The third-order valence-corrected chi connectivity index (χ3v) is 0.959.